The summed E-state index contributed by atoms with van der Waals surface area (Å²) in [6.07, 6.45) is 5.85. The smallest absolute Gasteiger partial charge is 0.235 e. The number of nitrogens with zero attached hydrogens (tertiary/aromatic N) is 4. The highest BCUT2D eigenvalue weighted by Gasteiger charge is 2.49. The molecular formula is C30H27N5O3S. The van der Waals surface area contributed by atoms with Crippen LogP contribution >= 0.6 is 0 Å². The Kier molecular flexibility index (Phi) is 5.37. The number of pyridine rings is 1. The lowest BCUT2D eigenvalue weighted by Crippen LogP contribution is -2.47. The number of sulfonamides is 1. The minimum Gasteiger partial charge on any atom is -0.325 e. The predicted molar refractivity (Wildman–Crippen MR) is 152 cm³/mol. The SMILES string of the molecule is CS(=O)(=O)N1CCC2(CC1)C(=O)Nc1ccc(-c3ccc4cnn(Cc5ccc6ncccc6c5)c4c3)cc12. The molecule has 1 saturated heterocycles. The third kappa shape index (κ3) is 4.00. The van der Waals surface area contributed by atoms with Gasteiger partial charge in [0, 0.05) is 35.7 Å². The van der Waals surface area contributed by atoms with Gasteiger partial charge >= 0.3 is 0 Å². The zero-order chi connectivity index (χ0) is 26.8. The number of carbonyl (C=O) groups excluding carboxylic acids is 1. The van der Waals surface area contributed by atoms with E-state index in [1.165, 1.54) is 10.6 Å². The van der Waals surface area contributed by atoms with Gasteiger partial charge in [-0.25, -0.2) is 12.7 Å². The largest absolute Gasteiger partial charge is 0.325 e. The Hall–Kier alpha value is -4.08. The fourth-order valence-corrected chi connectivity index (χ4v) is 6.91. The highest BCUT2D eigenvalue weighted by molar-refractivity contribution is 7.88. The molecule has 0 bridgehead atoms. The van der Waals surface area contributed by atoms with E-state index in [1.807, 2.05) is 35.1 Å². The number of fused-ring (bicyclic) bond motifs is 4. The number of rotatable bonds is 4. The number of nitrogens with one attached hydrogen (secondary N) is 1. The van der Waals surface area contributed by atoms with Gasteiger partial charge in [-0.15, -0.1) is 0 Å². The first-order chi connectivity index (χ1) is 18.8. The molecule has 9 heteroatoms. The van der Waals surface area contributed by atoms with E-state index in [0.29, 0.717) is 32.5 Å². The summed E-state index contributed by atoms with van der Waals surface area (Å²) in [5.74, 6) is -0.0399. The Morgan fingerprint density at radius 3 is 2.56 bits per heavy atom. The fourth-order valence-electron chi connectivity index (χ4n) is 6.06. The number of hydrogen-bond donors (Lipinski definition) is 1. The van der Waals surface area contributed by atoms with Crippen LogP contribution in [-0.2, 0) is 26.8 Å². The van der Waals surface area contributed by atoms with Crippen molar-refractivity contribution in [2.75, 3.05) is 24.7 Å². The topological polar surface area (TPSA) is 97.2 Å². The zero-order valence-electron chi connectivity index (χ0n) is 21.5. The standard InChI is InChI=1S/C30H27N5O3S/c1-39(37,38)34-13-10-30(11-14-34)25-16-21(7-9-27(25)33-29(30)36)22-5-6-24-18-32-35(28(24)17-22)19-20-4-8-26-23(15-20)3-2-12-31-26/h2-9,12,15-18H,10-11,13-14,19H2,1H3,(H,33,36). The average molecular weight is 538 g/mol. The monoisotopic (exact) mass is 537 g/mol. The Bertz CT molecular complexity index is 1890. The molecule has 7 rings (SSSR count). The molecule has 39 heavy (non-hydrogen) atoms. The Morgan fingerprint density at radius 1 is 0.949 bits per heavy atom. The second-order valence-corrected chi connectivity index (χ2v) is 12.5. The molecule has 196 valence electrons. The molecule has 1 N–H and O–H groups in total. The summed E-state index contributed by atoms with van der Waals surface area (Å²) in [5, 5.41) is 9.86. The van der Waals surface area contributed by atoms with Gasteiger partial charge in [-0.1, -0.05) is 30.3 Å². The molecule has 3 aromatic carbocycles. The van der Waals surface area contributed by atoms with Gasteiger partial charge in [0.05, 0.1) is 35.4 Å². The van der Waals surface area contributed by atoms with Gasteiger partial charge in [-0.3, -0.25) is 14.5 Å². The van der Waals surface area contributed by atoms with Gasteiger partial charge in [-0.05, 0) is 71.5 Å². The number of benzene rings is 3. The third-order valence-corrected chi connectivity index (χ3v) is 9.54. The number of anilines is 1. The summed E-state index contributed by atoms with van der Waals surface area (Å²) in [7, 11) is -3.28. The first kappa shape index (κ1) is 24.0. The van der Waals surface area contributed by atoms with Gasteiger partial charge in [0.1, 0.15) is 0 Å². The summed E-state index contributed by atoms with van der Waals surface area (Å²) in [5.41, 5.74) is 6.27. The van der Waals surface area contributed by atoms with Crippen molar-refractivity contribution in [3.63, 3.8) is 0 Å². The van der Waals surface area contributed by atoms with Crippen LogP contribution in [0.25, 0.3) is 32.9 Å². The molecule has 5 aromatic rings. The van der Waals surface area contributed by atoms with Gasteiger partial charge in [0.25, 0.3) is 0 Å². The molecule has 1 amide bonds. The lowest BCUT2D eigenvalue weighted by molar-refractivity contribution is -0.122. The Labute approximate surface area is 226 Å². The summed E-state index contributed by atoms with van der Waals surface area (Å²) < 4.78 is 27.6. The lowest BCUT2D eigenvalue weighted by atomic mass is 9.73. The first-order valence-electron chi connectivity index (χ1n) is 13.0. The number of carbonyl (C=O) groups is 1. The van der Waals surface area contributed by atoms with Crippen molar-refractivity contribution in [2.45, 2.75) is 24.8 Å². The second kappa shape index (κ2) is 8.72. The zero-order valence-corrected chi connectivity index (χ0v) is 22.3. The van der Waals surface area contributed by atoms with E-state index in [-0.39, 0.29) is 5.91 Å². The van der Waals surface area contributed by atoms with Crippen LogP contribution in [0.15, 0.2) is 79.1 Å². The summed E-state index contributed by atoms with van der Waals surface area (Å²) in [6, 6.07) is 22.7. The van der Waals surface area contributed by atoms with Crippen LogP contribution in [0.2, 0.25) is 0 Å². The molecule has 0 atom stereocenters. The van der Waals surface area contributed by atoms with Crippen LogP contribution in [-0.4, -0.2) is 52.7 Å². The van der Waals surface area contributed by atoms with Crippen molar-refractivity contribution < 1.29 is 13.2 Å². The van der Waals surface area contributed by atoms with Gasteiger partial charge in [0.15, 0.2) is 0 Å². The van der Waals surface area contributed by atoms with Crippen molar-refractivity contribution in [2.24, 2.45) is 0 Å². The predicted octanol–water partition coefficient (Wildman–Crippen LogP) is 4.55. The summed E-state index contributed by atoms with van der Waals surface area (Å²) in [6.45, 7) is 1.32. The third-order valence-electron chi connectivity index (χ3n) is 8.24. The average Bonchev–Trinajstić information content (AvgIpc) is 3.45. The molecule has 0 unspecified atom stereocenters. The minimum atomic E-state index is -3.28. The van der Waals surface area contributed by atoms with Crippen LogP contribution in [0, 0.1) is 0 Å². The Morgan fingerprint density at radius 2 is 1.74 bits per heavy atom. The number of amides is 1. The maximum atomic E-state index is 13.2. The fraction of sp³-hybridized carbons (Fsp3) is 0.233. The molecule has 8 nitrogen and oxygen atoms in total. The summed E-state index contributed by atoms with van der Waals surface area (Å²) >= 11 is 0. The number of aromatic nitrogens is 3. The van der Waals surface area contributed by atoms with Crippen LogP contribution in [0.1, 0.15) is 24.0 Å². The minimum absolute atomic E-state index is 0.0399. The highest BCUT2D eigenvalue weighted by Crippen LogP contribution is 2.46. The van der Waals surface area contributed by atoms with Crippen LogP contribution in [0.4, 0.5) is 5.69 Å². The Balaban J connectivity index is 1.22. The van der Waals surface area contributed by atoms with Crippen molar-refractivity contribution in [1.29, 1.82) is 0 Å². The van der Waals surface area contributed by atoms with Crippen LogP contribution in [0.5, 0.6) is 0 Å². The van der Waals surface area contributed by atoms with Crippen molar-refractivity contribution in [1.82, 2.24) is 19.1 Å². The molecule has 0 radical (unpaired) electrons. The molecule has 1 fully saturated rings. The van der Waals surface area contributed by atoms with Crippen molar-refractivity contribution >= 4 is 43.4 Å². The van der Waals surface area contributed by atoms with Crippen molar-refractivity contribution in [3.05, 3.63) is 90.3 Å². The molecule has 0 saturated carbocycles. The van der Waals surface area contributed by atoms with E-state index >= 15 is 0 Å². The normalized spacial score (nSPS) is 17.1. The molecule has 2 aliphatic rings. The van der Waals surface area contributed by atoms with Crippen LogP contribution in [0.3, 0.4) is 0 Å². The quantitative estimate of drug-likeness (QED) is 0.363. The van der Waals surface area contributed by atoms with E-state index in [1.54, 1.807) is 6.20 Å². The van der Waals surface area contributed by atoms with E-state index in [0.717, 1.165) is 49.7 Å². The van der Waals surface area contributed by atoms with E-state index < -0.39 is 15.4 Å². The van der Waals surface area contributed by atoms with Gasteiger partial charge < -0.3 is 5.32 Å². The summed E-state index contributed by atoms with van der Waals surface area (Å²) in [4.78, 5) is 17.6. The maximum Gasteiger partial charge on any atom is 0.235 e. The van der Waals surface area contributed by atoms with E-state index in [2.05, 4.69) is 57.9 Å². The van der Waals surface area contributed by atoms with Gasteiger partial charge in [-0.2, -0.15) is 5.10 Å². The lowest BCUT2D eigenvalue weighted by Gasteiger charge is -2.36. The molecule has 2 aliphatic heterocycles. The van der Waals surface area contributed by atoms with Gasteiger partial charge in [0.2, 0.25) is 15.9 Å². The van der Waals surface area contributed by atoms with E-state index in [4.69, 9.17) is 0 Å². The molecule has 2 aromatic heterocycles. The van der Waals surface area contributed by atoms with E-state index in [9.17, 15) is 13.2 Å². The maximum absolute atomic E-state index is 13.2. The molecular weight excluding hydrogens is 510 g/mol. The molecule has 1 spiro atoms. The number of piperidine rings is 1. The van der Waals surface area contributed by atoms with Crippen molar-refractivity contribution in [3.8, 4) is 11.1 Å². The highest BCUT2D eigenvalue weighted by atomic mass is 32.2. The molecule has 0 aliphatic carbocycles. The first-order valence-corrected chi connectivity index (χ1v) is 14.9. The number of hydrogen-bond acceptors (Lipinski definition) is 5. The van der Waals surface area contributed by atoms with Crippen LogP contribution < -0.4 is 5.32 Å². The second-order valence-electron chi connectivity index (χ2n) is 10.6. The molecule has 4 heterocycles.